The van der Waals surface area contributed by atoms with Crippen molar-refractivity contribution in [3.8, 4) is 5.75 Å². The molecule has 1 aromatic heterocycles. The lowest BCUT2D eigenvalue weighted by Crippen LogP contribution is -2.46. The van der Waals surface area contributed by atoms with Crippen LogP contribution < -0.4 is 14.5 Å². The van der Waals surface area contributed by atoms with Crippen molar-refractivity contribution in [2.24, 2.45) is 0 Å². The van der Waals surface area contributed by atoms with Crippen molar-refractivity contribution in [3.63, 3.8) is 0 Å². The highest BCUT2D eigenvalue weighted by atomic mass is 16.5. The molecule has 7 heteroatoms. The van der Waals surface area contributed by atoms with Crippen molar-refractivity contribution >= 4 is 34.6 Å². The van der Waals surface area contributed by atoms with E-state index in [1.807, 2.05) is 31.2 Å². The average Bonchev–Trinajstić information content (AvgIpc) is 2.71. The molecule has 0 atom stereocenters. The van der Waals surface area contributed by atoms with Crippen LogP contribution in [0.25, 0.3) is 10.8 Å². The highest BCUT2D eigenvalue weighted by Crippen LogP contribution is 2.39. The summed E-state index contributed by atoms with van der Waals surface area (Å²) in [6.07, 6.45) is 2.39. The summed E-state index contributed by atoms with van der Waals surface area (Å²) in [5.41, 5.74) is 2.12. The van der Waals surface area contributed by atoms with E-state index in [2.05, 4.69) is 10.2 Å². The summed E-state index contributed by atoms with van der Waals surface area (Å²) >= 11 is 0. The minimum Gasteiger partial charge on any atom is -0.497 e. The molecule has 0 bridgehead atoms. The maximum atomic E-state index is 13.2. The Kier molecular flexibility index (Phi) is 4.19. The summed E-state index contributed by atoms with van der Waals surface area (Å²) in [6, 6.07) is 10.9. The highest BCUT2D eigenvalue weighted by molar-refractivity contribution is 6.19. The van der Waals surface area contributed by atoms with E-state index in [9.17, 15) is 9.59 Å². The Morgan fingerprint density at radius 3 is 2.59 bits per heavy atom. The van der Waals surface area contributed by atoms with Crippen LogP contribution in [0.1, 0.15) is 22.8 Å². The molecule has 136 valence electrons. The number of benzene rings is 2. The Morgan fingerprint density at radius 1 is 1.15 bits per heavy atom. The molecule has 2 aromatic carbocycles. The number of nitrogens with zero attached hydrogens (tertiary/aromatic N) is 4. The predicted molar refractivity (Wildman–Crippen MR) is 103 cm³/mol. The third kappa shape index (κ3) is 2.77. The lowest BCUT2D eigenvalue weighted by Gasteiger charge is -2.35. The van der Waals surface area contributed by atoms with Gasteiger partial charge in [-0.05, 0) is 36.8 Å². The number of urea groups is 1. The largest absolute Gasteiger partial charge is 0.497 e. The molecule has 2 amide bonds. The maximum absolute atomic E-state index is 13.2. The van der Waals surface area contributed by atoms with E-state index in [1.54, 1.807) is 35.2 Å². The van der Waals surface area contributed by atoms with E-state index in [-0.39, 0.29) is 6.03 Å². The molecule has 0 unspecified atom stereocenters. The van der Waals surface area contributed by atoms with Crippen molar-refractivity contribution in [1.29, 1.82) is 0 Å². The fourth-order valence-corrected chi connectivity index (χ4v) is 3.37. The fourth-order valence-electron chi connectivity index (χ4n) is 3.37. The van der Waals surface area contributed by atoms with Crippen molar-refractivity contribution < 1.29 is 14.3 Å². The molecule has 27 heavy (non-hydrogen) atoms. The molecule has 1 aliphatic rings. The van der Waals surface area contributed by atoms with Crippen LogP contribution in [-0.4, -0.2) is 36.2 Å². The normalized spacial score (nSPS) is 13.2. The molecule has 1 aliphatic heterocycles. The van der Waals surface area contributed by atoms with Crippen molar-refractivity contribution in [2.75, 3.05) is 23.5 Å². The summed E-state index contributed by atoms with van der Waals surface area (Å²) in [5.74, 6) is 1.28. The topological polar surface area (TPSA) is 75.6 Å². The van der Waals surface area contributed by atoms with Gasteiger partial charge in [0.2, 0.25) is 0 Å². The van der Waals surface area contributed by atoms with Gasteiger partial charge in [0.15, 0.2) is 5.82 Å². The van der Waals surface area contributed by atoms with Crippen LogP contribution in [0.15, 0.2) is 42.6 Å². The van der Waals surface area contributed by atoms with Gasteiger partial charge in [-0.15, -0.1) is 5.10 Å². The van der Waals surface area contributed by atoms with E-state index in [0.29, 0.717) is 30.2 Å². The first-order chi connectivity index (χ1) is 13.2. The van der Waals surface area contributed by atoms with Gasteiger partial charge >= 0.3 is 6.03 Å². The maximum Gasteiger partial charge on any atom is 0.330 e. The Labute approximate surface area is 156 Å². The lowest BCUT2D eigenvalue weighted by atomic mass is 10.0. The van der Waals surface area contributed by atoms with Gasteiger partial charge in [-0.2, -0.15) is 5.10 Å². The number of rotatable bonds is 5. The zero-order valence-corrected chi connectivity index (χ0v) is 15.0. The van der Waals surface area contributed by atoms with Gasteiger partial charge in [-0.3, -0.25) is 14.6 Å². The first-order valence-corrected chi connectivity index (χ1v) is 8.62. The number of aldehydes is 1. The molecule has 0 saturated heterocycles. The van der Waals surface area contributed by atoms with Gasteiger partial charge in [0, 0.05) is 17.5 Å². The van der Waals surface area contributed by atoms with Crippen LogP contribution in [0.5, 0.6) is 5.75 Å². The zero-order valence-electron chi connectivity index (χ0n) is 15.0. The standard InChI is InChI=1S/C20H18N4O3/c1-3-23-19-18-15(10-21-22-19)8-14(12-25)9-17(18)24(20(23)26)11-13-4-6-16(27-2)7-5-13/h4-10,12H,3,11H2,1-2H3. The monoisotopic (exact) mass is 362 g/mol. The van der Waals surface area contributed by atoms with E-state index in [1.165, 1.54) is 0 Å². The second kappa shape index (κ2) is 6.68. The van der Waals surface area contributed by atoms with E-state index in [0.717, 1.165) is 28.4 Å². The molecule has 0 spiro atoms. The van der Waals surface area contributed by atoms with Gasteiger partial charge in [-0.25, -0.2) is 4.79 Å². The molecule has 0 N–H and O–H groups in total. The number of carbonyl (C=O) groups is 2. The quantitative estimate of drug-likeness (QED) is 0.650. The fraction of sp³-hybridized carbons (Fsp3) is 0.200. The Balaban J connectivity index is 1.87. The van der Waals surface area contributed by atoms with Crippen molar-refractivity contribution in [1.82, 2.24) is 10.2 Å². The number of hydrogen-bond donors (Lipinski definition) is 0. The number of ether oxygens (including phenoxy) is 1. The van der Waals surface area contributed by atoms with Gasteiger partial charge in [0.05, 0.1) is 30.9 Å². The Morgan fingerprint density at radius 2 is 1.93 bits per heavy atom. The first kappa shape index (κ1) is 17.0. The summed E-state index contributed by atoms with van der Waals surface area (Å²) in [5, 5.41) is 9.79. The predicted octanol–water partition coefficient (Wildman–Crippen LogP) is 3.42. The minimum absolute atomic E-state index is 0.189. The number of aromatic nitrogens is 2. The molecule has 0 aliphatic carbocycles. The third-order valence-corrected chi connectivity index (χ3v) is 4.70. The van der Waals surface area contributed by atoms with Crippen molar-refractivity contribution in [3.05, 3.63) is 53.7 Å². The Hall–Kier alpha value is -3.48. The number of hydrogen-bond acceptors (Lipinski definition) is 5. The van der Waals surface area contributed by atoms with Gasteiger partial charge in [-0.1, -0.05) is 12.1 Å². The van der Waals surface area contributed by atoms with E-state index >= 15 is 0 Å². The minimum atomic E-state index is -0.189. The molecule has 2 heterocycles. The lowest BCUT2D eigenvalue weighted by molar-refractivity contribution is 0.112. The van der Waals surface area contributed by atoms with E-state index < -0.39 is 0 Å². The van der Waals surface area contributed by atoms with Crippen LogP contribution in [0.3, 0.4) is 0 Å². The molecular weight excluding hydrogens is 344 g/mol. The SMILES string of the molecule is CCN1C(=O)N(Cc2ccc(OC)cc2)c2cc(C=O)cc3cnnc1c23. The van der Waals surface area contributed by atoms with Crippen LogP contribution in [0.4, 0.5) is 16.3 Å². The van der Waals surface area contributed by atoms with Gasteiger partial charge in [0.1, 0.15) is 12.0 Å². The summed E-state index contributed by atoms with van der Waals surface area (Å²) in [7, 11) is 1.61. The molecule has 7 nitrogen and oxygen atoms in total. The molecule has 3 aromatic rings. The van der Waals surface area contributed by atoms with E-state index in [4.69, 9.17) is 4.74 Å². The van der Waals surface area contributed by atoms with Crippen molar-refractivity contribution in [2.45, 2.75) is 13.5 Å². The van der Waals surface area contributed by atoms with Gasteiger partial charge in [0.25, 0.3) is 0 Å². The summed E-state index contributed by atoms with van der Waals surface area (Å²) < 4.78 is 5.20. The average molecular weight is 362 g/mol. The summed E-state index contributed by atoms with van der Waals surface area (Å²) in [6.45, 7) is 2.74. The molecule has 0 radical (unpaired) electrons. The number of carbonyl (C=O) groups excluding carboxylic acids is 2. The second-order valence-corrected chi connectivity index (χ2v) is 6.25. The Bertz CT molecular complexity index is 1030. The summed E-state index contributed by atoms with van der Waals surface area (Å²) in [4.78, 5) is 27.8. The van der Waals surface area contributed by atoms with Gasteiger partial charge < -0.3 is 4.74 Å². The van der Waals surface area contributed by atoms with Crippen LogP contribution in [0.2, 0.25) is 0 Å². The number of methoxy groups -OCH3 is 1. The zero-order chi connectivity index (χ0) is 19.0. The third-order valence-electron chi connectivity index (χ3n) is 4.70. The molecule has 0 saturated carbocycles. The van der Waals surface area contributed by atoms with Crippen LogP contribution >= 0.6 is 0 Å². The molecule has 4 rings (SSSR count). The number of anilines is 2. The molecule has 0 fully saturated rings. The smallest absolute Gasteiger partial charge is 0.330 e. The first-order valence-electron chi connectivity index (χ1n) is 8.62. The molecular formula is C20H18N4O3. The number of amides is 2. The van der Waals surface area contributed by atoms with Crippen LogP contribution in [-0.2, 0) is 6.54 Å². The highest BCUT2D eigenvalue weighted by Gasteiger charge is 2.33. The second-order valence-electron chi connectivity index (χ2n) is 6.25. The van der Waals surface area contributed by atoms with Crippen LogP contribution in [0, 0.1) is 0 Å².